The van der Waals surface area contributed by atoms with Crippen molar-refractivity contribution in [1.29, 1.82) is 0 Å². The molecule has 0 aliphatic heterocycles. The van der Waals surface area contributed by atoms with Gasteiger partial charge >= 0.3 is 5.97 Å². The third kappa shape index (κ3) is 1.91. The Labute approximate surface area is 87.7 Å². The number of nitrogens with zero attached hydrogens (tertiary/aromatic N) is 2. The van der Waals surface area contributed by atoms with Crippen LogP contribution in [0.3, 0.4) is 0 Å². The van der Waals surface area contributed by atoms with Crippen LogP contribution in [0.5, 0.6) is 0 Å². The van der Waals surface area contributed by atoms with Gasteiger partial charge in [0.15, 0.2) is 0 Å². The van der Waals surface area contributed by atoms with E-state index in [-0.39, 0.29) is 5.56 Å². The Morgan fingerprint density at radius 3 is 2.33 bits per heavy atom. The van der Waals surface area contributed by atoms with Crippen LogP contribution in [0.1, 0.15) is 35.6 Å². The number of rotatable bonds is 4. The van der Waals surface area contributed by atoms with E-state index in [1.54, 1.807) is 11.7 Å². The van der Waals surface area contributed by atoms with E-state index in [4.69, 9.17) is 5.11 Å². The van der Waals surface area contributed by atoms with Gasteiger partial charge in [0.25, 0.3) is 5.78 Å². The summed E-state index contributed by atoms with van der Waals surface area (Å²) in [5, 5.41) is 12.8. The van der Waals surface area contributed by atoms with E-state index in [0.29, 0.717) is 24.2 Å². The first-order valence-corrected chi connectivity index (χ1v) is 4.85. The summed E-state index contributed by atoms with van der Waals surface area (Å²) in [6, 6.07) is 0. The first-order valence-electron chi connectivity index (χ1n) is 4.85. The number of carboxylic acid groups (broad SMARTS) is 1. The van der Waals surface area contributed by atoms with Crippen LogP contribution in [0, 0.1) is 0 Å². The topological polar surface area (TPSA) is 72.2 Å². The van der Waals surface area contributed by atoms with Crippen molar-refractivity contribution in [2.45, 2.75) is 26.7 Å². The molecule has 5 nitrogen and oxygen atoms in total. The summed E-state index contributed by atoms with van der Waals surface area (Å²) in [6.07, 6.45) is 1.15. The van der Waals surface area contributed by atoms with E-state index < -0.39 is 11.8 Å². The molecule has 1 rings (SSSR count). The quantitative estimate of drug-likeness (QED) is 0.589. The van der Waals surface area contributed by atoms with Crippen molar-refractivity contribution < 1.29 is 14.7 Å². The summed E-state index contributed by atoms with van der Waals surface area (Å²) >= 11 is 0. The normalized spacial score (nSPS) is 10.3. The molecule has 1 N–H and O–H groups in total. The Kier molecular flexibility index (Phi) is 3.24. The highest BCUT2D eigenvalue weighted by atomic mass is 16.4. The molecule has 0 bridgehead atoms. The molecule has 0 fully saturated rings. The number of carbonyl (C=O) groups is 2. The second-order valence-corrected chi connectivity index (χ2v) is 3.23. The van der Waals surface area contributed by atoms with Gasteiger partial charge < -0.3 is 5.11 Å². The monoisotopic (exact) mass is 210 g/mol. The fourth-order valence-corrected chi connectivity index (χ4v) is 1.64. The molecule has 5 heteroatoms. The minimum absolute atomic E-state index is 0.259. The highest BCUT2D eigenvalue weighted by molar-refractivity contribution is 6.40. The van der Waals surface area contributed by atoms with E-state index in [1.807, 2.05) is 13.8 Å². The fourth-order valence-electron chi connectivity index (χ4n) is 1.64. The van der Waals surface area contributed by atoms with Gasteiger partial charge in [0.2, 0.25) is 0 Å². The van der Waals surface area contributed by atoms with Gasteiger partial charge in [-0.1, -0.05) is 13.8 Å². The number of aryl methyl sites for hydroxylation is 2. The van der Waals surface area contributed by atoms with Crippen LogP contribution in [0.25, 0.3) is 0 Å². The number of carbonyl (C=O) groups excluding carboxylic acids is 1. The minimum Gasteiger partial charge on any atom is -0.475 e. The first-order chi connectivity index (χ1) is 7.02. The van der Waals surface area contributed by atoms with Crippen LogP contribution in [0.4, 0.5) is 0 Å². The maximum atomic E-state index is 11.5. The zero-order chi connectivity index (χ0) is 11.6. The van der Waals surface area contributed by atoms with Crippen molar-refractivity contribution in [3.63, 3.8) is 0 Å². The molecule has 1 aromatic heterocycles. The van der Waals surface area contributed by atoms with Gasteiger partial charge in [-0.15, -0.1) is 0 Å². The number of ketones is 1. The van der Waals surface area contributed by atoms with Crippen molar-refractivity contribution in [1.82, 2.24) is 9.78 Å². The molecule has 1 heterocycles. The van der Waals surface area contributed by atoms with Gasteiger partial charge in [-0.25, -0.2) is 4.79 Å². The predicted molar refractivity (Wildman–Crippen MR) is 53.9 cm³/mol. The maximum absolute atomic E-state index is 11.5. The van der Waals surface area contributed by atoms with Gasteiger partial charge in [-0.3, -0.25) is 9.48 Å². The van der Waals surface area contributed by atoms with E-state index in [9.17, 15) is 9.59 Å². The Morgan fingerprint density at radius 1 is 1.33 bits per heavy atom. The molecule has 0 aromatic carbocycles. The average Bonchev–Trinajstić information content (AvgIpc) is 2.52. The molecule has 1 aromatic rings. The summed E-state index contributed by atoms with van der Waals surface area (Å²) in [5.41, 5.74) is 1.50. The molecule has 82 valence electrons. The standard InChI is InChI=1S/C10H14N2O3/c1-4-6-8(9(13)10(14)15)7(5-2)12(3)11-6/h4-5H2,1-3H3,(H,14,15). The van der Waals surface area contributed by atoms with Crippen LogP contribution < -0.4 is 0 Å². The van der Waals surface area contributed by atoms with Gasteiger partial charge in [-0.05, 0) is 12.8 Å². The second kappa shape index (κ2) is 4.25. The number of aliphatic carboxylic acids is 1. The molecule has 0 unspecified atom stereocenters. The van der Waals surface area contributed by atoms with Crippen molar-refractivity contribution in [2.75, 3.05) is 0 Å². The second-order valence-electron chi connectivity index (χ2n) is 3.23. The largest absolute Gasteiger partial charge is 0.475 e. The summed E-state index contributed by atoms with van der Waals surface area (Å²) < 4.78 is 1.58. The van der Waals surface area contributed by atoms with Gasteiger partial charge in [-0.2, -0.15) is 5.10 Å². The van der Waals surface area contributed by atoms with Crippen molar-refractivity contribution >= 4 is 11.8 Å². The number of hydrogen-bond acceptors (Lipinski definition) is 3. The van der Waals surface area contributed by atoms with E-state index in [0.717, 1.165) is 0 Å². The lowest BCUT2D eigenvalue weighted by atomic mass is 10.1. The van der Waals surface area contributed by atoms with Crippen molar-refractivity contribution in [2.24, 2.45) is 7.05 Å². The lowest BCUT2D eigenvalue weighted by Gasteiger charge is -2.00. The predicted octanol–water partition coefficient (Wildman–Crippen LogP) is 0.812. The number of aromatic nitrogens is 2. The molecular weight excluding hydrogens is 196 g/mol. The molecule has 0 aliphatic rings. The molecule has 0 amide bonds. The van der Waals surface area contributed by atoms with Gasteiger partial charge in [0.1, 0.15) is 0 Å². The fraction of sp³-hybridized carbons (Fsp3) is 0.500. The minimum atomic E-state index is -1.42. The first kappa shape index (κ1) is 11.4. The average molecular weight is 210 g/mol. The molecule has 15 heavy (non-hydrogen) atoms. The molecule has 0 saturated heterocycles. The number of hydrogen-bond donors (Lipinski definition) is 1. The van der Waals surface area contributed by atoms with Crippen LogP contribution in [-0.2, 0) is 24.7 Å². The number of carboxylic acids is 1. The molecule has 0 atom stereocenters. The van der Waals surface area contributed by atoms with Crippen molar-refractivity contribution in [3.05, 3.63) is 17.0 Å². The molecule has 0 radical (unpaired) electrons. The zero-order valence-corrected chi connectivity index (χ0v) is 9.07. The molecule has 0 aliphatic carbocycles. The van der Waals surface area contributed by atoms with Gasteiger partial charge in [0.05, 0.1) is 11.3 Å². The Bertz CT molecular complexity index is 407. The van der Waals surface area contributed by atoms with Gasteiger partial charge in [0, 0.05) is 12.7 Å². The highest BCUT2D eigenvalue weighted by Gasteiger charge is 2.25. The van der Waals surface area contributed by atoms with Crippen LogP contribution in [0.15, 0.2) is 0 Å². The van der Waals surface area contributed by atoms with Crippen molar-refractivity contribution in [3.8, 4) is 0 Å². The van der Waals surface area contributed by atoms with Crippen LogP contribution in [-0.4, -0.2) is 26.6 Å². The lowest BCUT2D eigenvalue weighted by molar-refractivity contribution is -0.131. The summed E-state index contributed by atoms with van der Waals surface area (Å²) in [5.74, 6) is -2.29. The Balaban J connectivity index is 3.35. The Hall–Kier alpha value is -1.65. The third-order valence-electron chi connectivity index (χ3n) is 2.33. The lowest BCUT2D eigenvalue weighted by Crippen LogP contribution is -2.16. The summed E-state index contributed by atoms with van der Waals surface area (Å²) in [4.78, 5) is 22.1. The van der Waals surface area contributed by atoms with E-state index in [2.05, 4.69) is 5.10 Å². The summed E-state index contributed by atoms with van der Waals surface area (Å²) in [6.45, 7) is 3.72. The SMILES string of the molecule is CCc1nn(C)c(CC)c1C(=O)C(=O)O. The third-order valence-corrected chi connectivity index (χ3v) is 2.33. The highest BCUT2D eigenvalue weighted by Crippen LogP contribution is 2.16. The van der Waals surface area contributed by atoms with Crippen LogP contribution >= 0.6 is 0 Å². The van der Waals surface area contributed by atoms with E-state index >= 15 is 0 Å². The molecule has 0 saturated carbocycles. The molecular formula is C10H14N2O3. The summed E-state index contributed by atoms with van der Waals surface area (Å²) in [7, 11) is 1.72. The number of Topliss-reactive ketones (excluding diaryl/α,β-unsaturated/α-hetero) is 1. The maximum Gasteiger partial charge on any atom is 0.377 e. The Morgan fingerprint density at radius 2 is 1.93 bits per heavy atom. The van der Waals surface area contributed by atoms with E-state index in [1.165, 1.54) is 0 Å². The zero-order valence-electron chi connectivity index (χ0n) is 9.07. The van der Waals surface area contributed by atoms with Crippen LogP contribution in [0.2, 0.25) is 0 Å². The molecule has 0 spiro atoms. The smallest absolute Gasteiger partial charge is 0.377 e.